The van der Waals surface area contributed by atoms with Crippen LogP contribution in [0.15, 0.2) is 16.5 Å². The van der Waals surface area contributed by atoms with Crippen molar-refractivity contribution in [1.82, 2.24) is 5.32 Å². The van der Waals surface area contributed by atoms with E-state index in [9.17, 15) is 0 Å². The molecule has 1 aliphatic heterocycles. The number of hydrogen-bond donors (Lipinski definition) is 1. The molecule has 0 amide bonds. The summed E-state index contributed by atoms with van der Waals surface area (Å²) in [5.41, 5.74) is 0. The third-order valence-electron chi connectivity index (χ3n) is 2.34. The summed E-state index contributed by atoms with van der Waals surface area (Å²) in [6.07, 6.45) is 0.257. The van der Waals surface area contributed by atoms with Crippen molar-refractivity contribution in [3.8, 4) is 0 Å². The van der Waals surface area contributed by atoms with E-state index < -0.39 is 0 Å². The Morgan fingerprint density at radius 2 is 2.20 bits per heavy atom. The van der Waals surface area contributed by atoms with Crippen molar-refractivity contribution in [1.29, 1.82) is 0 Å². The van der Waals surface area contributed by atoms with Gasteiger partial charge in [0, 0.05) is 0 Å². The molecule has 84 valence electrons. The Balaban J connectivity index is 1.73. The van der Waals surface area contributed by atoms with Crippen LogP contribution in [0, 0.1) is 0 Å². The van der Waals surface area contributed by atoms with Crippen LogP contribution in [0.2, 0.25) is 0 Å². The van der Waals surface area contributed by atoms with Crippen LogP contribution >= 0.6 is 0 Å². The minimum absolute atomic E-state index is 0.257. The van der Waals surface area contributed by atoms with Crippen LogP contribution in [0.1, 0.15) is 18.4 Å². The van der Waals surface area contributed by atoms with Crippen LogP contribution < -0.4 is 5.32 Å². The molecule has 15 heavy (non-hydrogen) atoms. The third kappa shape index (κ3) is 3.06. The van der Waals surface area contributed by atoms with Gasteiger partial charge in [-0.1, -0.05) is 6.92 Å². The van der Waals surface area contributed by atoms with Gasteiger partial charge in [0.2, 0.25) is 0 Å². The Morgan fingerprint density at radius 3 is 2.87 bits per heavy atom. The lowest BCUT2D eigenvalue weighted by atomic mass is 10.3. The second-order valence-electron chi connectivity index (χ2n) is 3.62. The van der Waals surface area contributed by atoms with Gasteiger partial charge in [0.15, 0.2) is 0 Å². The van der Waals surface area contributed by atoms with E-state index in [-0.39, 0.29) is 6.10 Å². The van der Waals surface area contributed by atoms with E-state index in [2.05, 4.69) is 12.2 Å². The van der Waals surface area contributed by atoms with E-state index in [1.807, 2.05) is 12.1 Å². The van der Waals surface area contributed by atoms with Crippen LogP contribution in [0.3, 0.4) is 0 Å². The molecule has 0 unspecified atom stereocenters. The van der Waals surface area contributed by atoms with E-state index >= 15 is 0 Å². The molecule has 1 N–H and O–H groups in total. The van der Waals surface area contributed by atoms with E-state index in [0.717, 1.165) is 24.6 Å². The number of rotatable bonds is 6. The molecule has 0 radical (unpaired) electrons. The van der Waals surface area contributed by atoms with Gasteiger partial charge in [-0.05, 0) is 18.7 Å². The van der Waals surface area contributed by atoms with Gasteiger partial charge in [0.1, 0.15) is 24.2 Å². The molecular weight excluding hydrogens is 194 g/mol. The fourth-order valence-corrected chi connectivity index (χ4v) is 1.35. The van der Waals surface area contributed by atoms with Gasteiger partial charge >= 0.3 is 0 Å². The average molecular weight is 211 g/mol. The number of ether oxygens (including phenoxy) is 2. The normalized spacial score (nSPS) is 16.6. The molecule has 0 atom stereocenters. The monoisotopic (exact) mass is 211 g/mol. The summed E-state index contributed by atoms with van der Waals surface area (Å²) >= 11 is 0. The van der Waals surface area contributed by atoms with E-state index in [4.69, 9.17) is 13.9 Å². The molecule has 2 rings (SSSR count). The minimum atomic E-state index is 0.257. The molecule has 1 aliphatic rings. The lowest BCUT2D eigenvalue weighted by Crippen LogP contribution is -2.35. The topological polar surface area (TPSA) is 43.6 Å². The van der Waals surface area contributed by atoms with Gasteiger partial charge in [-0.3, -0.25) is 0 Å². The first kappa shape index (κ1) is 10.7. The van der Waals surface area contributed by atoms with Crippen LogP contribution in [-0.2, 0) is 22.6 Å². The quantitative estimate of drug-likeness (QED) is 0.770. The highest BCUT2D eigenvalue weighted by molar-refractivity contribution is 5.06. The zero-order chi connectivity index (χ0) is 10.5. The predicted molar refractivity (Wildman–Crippen MR) is 55.5 cm³/mol. The van der Waals surface area contributed by atoms with Crippen LogP contribution in [0.5, 0.6) is 0 Å². The molecule has 1 aromatic heterocycles. The lowest BCUT2D eigenvalue weighted by molar-refractivity contribution is -0.137. The Kier molecular flexibility index (Phi) is 3.77. The summed E-state index contributed by atoms with van der Waals surface area (Å²) < 4.78 is 16.1. The Bertz CT molecular complexity index is 294. The summed E-state index contributed by atoms with van der Waals surface area (Å²) in [6, 6.07) is 3.95. The van der Waals surface area contributed by atoms with Crippen LogP contribution in [-0.4, -0.2) is 25.9 Å². The summed E-state index contributed by atoms with van der Waals surface area (Å²) in [6.45, 7) is 5.77. The summed E-state index contributed by atoms with van der Waals surface area (Å²) in [7, 11) is 0. The van der Waals surface area contributed by atoms with Crippen LogP contribution in [0.4, 0.5) is 0 Å². The first-order valence-corrected chi connectivity index (χ1v) is 5.36. The van der Waals surface area contributed by atoms with Gasteiger partial charge < -0.3 is 19.2 Å². The van der Waals surface area contributed by atoms with E-state index in [1.165, 1.54) is 0 Å². The second-order valence-corrected chi connectivity index (χ2v) is 3.62. The molecule has 0 bridgehead atoms. The molecule has 2 heterocycles. The van der Waals surface area contributed by atoms with E-state index in [1.54, 1.807) is 0 Å². The van der Waals surface area contributed by atoms with Crippen molar-refractivity contribution >= 4 is 0 Å². The molecule has 4 heteroatoms. The van der Waals surface area contributed by atoms with Crippen LogP contribution in [0.25, 0.3) is 0 Å². The zero-order valence-electron chi connectivity index (χ0n) is 8.99. The smallest absolute Gasteiger partial charge is 0.129 e. The highest BCUT2D eigenvalue weighted by Crippen LogP contribution is 2.12. The second kappa shape index (κ2) is 5.30. The molecule has 0 saturated carbocycles. The Morgan fingerprint density at radius 1 is 1.40 bits per heavy atom. The number of furan rings is 1. The maximum Gasteiger partial charge on any atom is 0.129 e. The minimum Gasteiger partial charge on any atom is -0.462 e. The zero-order valence-corrected chi connectivity index (χ0v) is 8.99. The predicted octanol–water partition coefficient (Wildman–Crippen LogP) is 1.30. The molecule has 0 spiro atoms. The van der Waals surface area contributed by atoms with Gasteiger partial charge in [-0.2, -0.15) is 0 Å². The first-order valence-electron chi connectivity index (χ1n) is 5.36. The standard InChI is InChI=1S/C11H17NO3/c1-2-12-5-9-3-4-10(15-9)8-14-11-6-13-7-11/h3-4,11-12H,2,5-8H2,1H3. The summed E-state index contributed by atoms with van der Waals surface area (Å²) in [5, 5.41) is 3.21. The molecule has 1 fully saturated rings. The molecule has 1 saturated heterocycles. The highest BCUT2D eigenvalue weighted by atomic mass is 16.6. The summed E-state index contributed by atoms with van der Waals surface area (Å²) in [5.74, 6) is 1.84. The van der Waals surface area contributed by atoms with Gasteiger partial charge in [0.05, 0.1) is 19.8 Å². The SMILES string of the molecule is CCNCc1ccc(COC2COC2)o1. The maximum atomic E-state index is 5.58. The fraction of sp³-hybridized carbons (Fsp3) is 0.636. The molecular formula is C11H17NO3. The molecule has 0 aliphatic carbocycles. The number of nitrogens with one attached hydrogen (secondary N) is 1. The molecule has 4 nitrogen and oxygen atoms in total. The fourth-order valence-electron chi connectivity index (χ4n) is 1.35. The van der Waals surface area contributed by atoms with Crippen molar-refractivity contribution in [2.75, 3.05) is 19.8 Å². The van der Waals surface area contributed by atoms with Gasteiger partial charge in [-0.15, -0.1) is 0 Å². The first-order chi connectivity index (χ1) is 7.38. The Labute approximate surface area is 89.6 Å². The van der Waals surface area contributed by atoms with Crippen molar-refractivity contribution in [3.63, 3.8) is 0 Å². The maximum absolute atomic E-state index is 5.58. The molecule has 0 aromatic carbocycles. The highest BCUT2D eigenvalue weighted by Gasteiger charge is 2.19. The van der Waals surface area contributed by atoms with Gasteiger partial charge in [-0.25, -0.2) is 0 Å². The summed E-state index contributed by atoms with van der Waals surface area (Å²) in [4.78, 5) is 0. The van der Waals surface area contributed by atoms with Crippen molar-refractivity contribution in [3.05, 3.63) is 23.7 Å². The molecule has 1 aromatic rings. The van der Waals surface area contributed by atoms with Crippen molar-refractivity contribution < 1.29 is 13.9 Å². The number of hydrogen-bond acceptors (Lipinski definition) is 4. The van der Waals surface area contributed by atoms with E-state index in [0.29, 0.717) is 19.8 Å². The Hall–Kier alpha value is -0.840. The van der Waals surface area contributed by atoms with Crippen molar-refractivity contribution in [2.45, 2.75) is 26.2 Å². The van der Waals surface area contributed by atoms with Crippen molar-refractivity contribution in [2.24, 2.45) is 0 Å². The van der Waals surface area contributed by atoms with Gasteiger partial charge in [0.25, 0.3) is 0 Å². The lowest BCUT2D eigenvalue weighted by Gasteiger charge is -2.25. The largest absolute Gasteiger partial charge is 0.462 e. The average Bonchev–Trinajstić information content (AvgIpc) is 2.60. The third-order valence-corrected chi connectivity index (χ3v) is 2.34.